The number of nitrogens with zero attached hydrogens (tertiary/aromatic N) is 1. The van der Waals surface area contributed by atoms with Crippen molar-refractivity contribution < 1.29 is 43.3 Å². The summed E-state index contributed by atoms with van der Waals surface area (Å²) < 4.78 is 17.8. The molecule has 1 aromatic rings. The van der Waals surface area contributed by atoms with Gasteiger partial charge in [0.2, 0.25) is 0 Å². The Labute approximate surface area is 101 Å². The molecule has 0 aliphatic rings. The highest BCUT2D eigenvalue weighted by Crippen LogP contribution is 2.26. The number of hydrogen-bond donors (Lipinski definition) is 6. The van der Waals surface area contributed by atoms with Gasteiger partial charge in [0.1, 0.15) is 0 Å². The molecular formula is C6H11NO9P2. The Bertz CT molecular complexity index is 387. The molecule has 0 unspecified atom stereocenters. The Balaban J connectivity index is 0. The highest BCUT2D eigenvalue weighted by Gasteiger charge is 2.00. The monoisotopic (exact) mass is 303 g/mol. The van der Waals surface area contributed by atoms with Crippen molar-refractivity contribution in [3.8, 4) is 0 Å². The van der Waals surface area contributed by atoms with E-state index in [1.54, 1.807) is 18.3 Å². The highest BCUT2D eigenvalue weighted by molar-refractivity contribution is 7.45. The summed E-state index contributed by atoms with van der Waals surface area (Å²) in [5.41, 5.74) is 0.618. The van der Waals surface area contributed by atoms with Crippen LogP contribution in [0, 0.1) is 0 Å². The summed E-state index contributed by atoms with van der Waals surface area (Å²) in [6.45, 7) is 0. The third kappa shape index (κ3) is 36.3. The van der Waals surface area contributed by atoms with Crippen LogP contribution in [0.4, 0.5) is 0 Å². The standard InChI is InChI=1S/C6H5NO.2H3O4P/c8-5-6-2-1-3-7-4-6;2*1-5(2,3)4/h1-5H;2*(H3,1,2,3,4). The number of phosphoric acid groups is 2. The van der Waals surface area contributed by atoms with Gasteiger partial charge in [-0.05, 0) is 12.1 Å². The van der Waals surface area contributed by atoms with Gasteiger partial charge in [-0.2, -0.15) is 0 Å². The summed E-state index contributed by atoms with van der Waals surface area (Å²) in [5, 5.41) is 0. The van der Waals surface area contributed by atoms with Crippen LogP contribution < -0.4 is 0 Å². The van der Waals surface area contributed by atoms with Crippen molar-refractivity contribution in [1.82, 2.24) is 4.98 Å². The molecule has 0 spiro atoms. The van der Waals surface area contributed by atoms with E-state index in [9.17, 15) is 4.79 Å². The molecule has 0 saturated heterocycles. The third-order valence-electron chi connectivity index (χ3n) is 0.820. The lowest BCUT2D eigenvalue weighted by atomic mass is 10.3. The number of hydrogen-bond acceptors (Lipinski definition) is 4. The summed E-state index contributed by atoms with van der Waals surface area (Å²) in [5.74, 6) is 0. The molecule has 1 rings (SSSR count). The molecule has 6 N–H and O–H groups in total. The summed E-state index contributed by atoms with van der Waals surface area (Å²) in [7, 11) is -9.28. The molecule has 12 heteroatoms. The maximum atomic E-state index is 9.97. The van der Waals surface area contributed by atoms with E-state index in [4.69, 9.17) is 38.5 Å². The molecule has 0 saturated carbocycles. The molecule has 0 radical (unpaired) electrons. The minimum atomic E-state index is -4.64. The second-order valence-corrected chi connectivity index (χ2v) is 4.48. The molecule has 1 aromatic heterocycles. The first-order valence-corrected chi connectivity index (χ1v) is 6.98. The number of carbonyl (C=O) groups excluding carboxylic acids is 1. The fourth-order valence-corrected chi connectivity index (χ4v) is 0.446. The van der Waals surface area contributed by atoms with Crippen LogP contribution in [0.3, 0.4) is 0 Å². The summed E-state index contributed by atoms with van der Waals surface area (Å²) in [4.78, 5) is 56.8. The van der Waals surface area contributed by atoms with Gasteiger partial charge in [0.15, 0.2) is 6.29 Å². The van der Waals surface area contributed by atoms with E-state index in [-0.39, 0.29) is 0 Å². The van der Waals surface area contributed by atoms with Crippen molar-refractivity contribution in [1.29, 1.82) is 0 Å². The summed E-state index contributed by atoms with van der Waals surface area (Å²) in [6, 6.07) is 3.43. The molecule has 0 fully saturated rings. The van der Waals surface area contributed by atoms with E-state index < -0.39 is 15.6 Å². The lowest BCUT2D eigenvalue weighted by molar-refractivity contribution is 0.112. The molecule has 0 atom stereocenters. The van der Waals surface area contributed by atoms with E-state index in [1.165, 1.54) is 6.20 Å². The van der Waals surface area contributed by atoms with Gasteiger partial charge < -0.3 is 29.4 Å². The van der Waals surface area contributed by atoms with Gasteiger partial charge >= 0.3 is 15.6 Å². The zero-order valence-electron chi connectivity index (χ0n) is 8.64. The van der Waals surface area contributed by atoms with E-state index >= 15 is 0 Å². The SMILES string of the molecule is O=Cc1cccnc1.O=P(O)(O)O.O=P(O)(O)O. The largest absolute Gasteiger partial charge is 0.466 e. The Hall–Kier alpha value is -0.960. The van der Waals surface area contributed by atoms with Gasteiger partial charge in [0.05, 0.1) is 0 Å². The molecular weight excluding hydrogens is 292 g/mol. The third-order valence-corrected chi connectivity index (χ3v) is 0.820. The first-order valence-electron chi connectivity index (χ1n) is 3.85. The predicted molar refractivity (Wildman–Crippen MR) is 58.2 cm³/mol. The fourth-order valence-electron chi connectivity index (χ4n) is 0.446. The zero-order chi connectivity index (χ0) is 14.8. The minimum Gasteiger partial charge on any atom is -0.303 e. The van der Waals surface area contributed by atoms with Gasteiger partial charge in [-0.25, -0.2) is 9.13 Å². The Morgan fingerprint density at radius 3 is 1.56 bits per heavy atom. The van der Waals surface area contributed by atoms with Crippen molar-refractivity contribution >= 4 is 21.9 Å². The lowest BCUT2D eigenvalue weighted by Crippen LogP contribution is -1.77. The molecule has 1 heterocycles. The smallest absolute Gasteiger partial charge is 0.303 e. The van der Waals surface area contributed by atoms with E-state index in [1.807, 2.05) is 0 Å². The zero-order valence-corrected chi connectivity index (χ0v) is 10.4. The summed E-state index contributed by atoms with van der Waals surface area (Å²) in [6.07, 6.45) is 3.92. The maximum Gasteiger partial charge on any atom is 0.466 e. The van der Waals surface area contributed by atoms with E-state index in [0.717, 1.165) is 6.29 Å². The molecule has 0 bridgehead atoms. The van der Waals surface area contributed by atoms with Crippen LogP contribution in [0.15, 0.2) is 24.5 Å². The van der Waals surface area contributed by atoms with Crippen LogP contribution in [-0.2, 0) is 9.13 Å². The Morgan fingerprint density at radius 1 is 1.00 bits per heavy atom. The number of aldehydes is 1. The maximum absolute atomic E-state index is 9.97. The molecule has 10 nitrogen and oxygen atoms in total. The molecule has 18 heavy (non-hydrogen) atoms. The molecule has 0 aromatic carbocycles. The fraction of sp³-hybridized carbons (Fsp3) is 0. The first-order chi connectivity index (χ1) is 7.93. The van der Waals surface area contributed by atoms with E-state index in [0.29, 0.717) is 5.56 Å². The second-order valence-electron chi connectivity index (χ2n) is 2.43. The van der Waals surface area contributed by atoms with Crippen LogP contribution in [0.2, 0.25) is 0 Å². The van der Waals surface area contributed by atoms with Gasteiger partial charge in [-0.15, -0.1) is 0 Å². The minimum absolute atomic E-state index is 0.618. The number of aromatic nitrogens is 1. The topological polar surface area (TPSA) is 185 Å². The number of pyridine rings is 1. The van der Waals surface area contributed by atoms with Crippen LogP contribution in [0.25, 0.3) is 0 Å². The van der Waals surface area contributed by atoms with Gasteiger partial charge in [0.25, 0.3) is 0 Å². The highest BCUT2D eigenvalue weighted by atomic mass is 31.2. The summed E-state index contributed by atoms with van der Waals surface area (Å²) >= 11 is 0. The average Bonchev–Trinajstić information content (AvgIpc) is 2.14. The van der Waals surface area contributed by atoms with Crippen LogP contribution in [0.1, 0.15) is 10.4 Å². The van der Waals surface area contributed by atoms with Crippen LogP contribution in [0.5, 0.6) is 0 Å². The van der Waals surface area contributed by atoms with Gasteiger partial charge in [-0.3, -0.25) is 9.78 Å². The van der Waals surface area contributed by atoms with Crippen LogP contribution in [-0.4, -0.2) is 40.6 Å². The molecule has 104 valence electrons. The van der Waals surface area contributed by atoms with Crippen molar-refractivity contribution in [2.45, 2.75) is 0 Å². The van der Waals surface area contributed by atoms with Crippen molar-refractivity contribution in [3.63, 3.8) is 0 Å². The van der Waals surface area contributed by atoms with Crippen molar-refractivity contribution in [2.24, 2.45) is 0 Å². The Morgan fingerprint density at radius 2 is 1.39 bits per heavy atom. The van der Waals surface area contributed by atoms with Gasteiger partial charge in [-0.1, -0.05) is 0 Å². The number of carbonyl (C=O) groups is 1. The Kier molecular flexibility index (Phi) is 9.73. The quantitative estimate of drug-likeness (QED) is 0.278. The predicted octanol–water partition coefficient (Wildman–Crippen LogP) is -0.963. The van der Waals surface area contributed by atoms with Crippen LogP contribution >= 0.6 is 15.6 Å². The van der Waals surface area contributed by atoms with Gasteiger partial charge in [0, 0.05) is 18.0 Å². The second kappa shape index (κ2) is 9.03. The molecule has 0 amide bonds. The first kappa shape index (κ1) is 19.4. The molecule has 0 aliphatic carbocycles. The normalized spacial score (nSPS) is 10.3. The average molecular weight is 303 g/mol. The lowest BCUT2D eigenvalue weighted by Gasteiger charge is -1.82. The van der Waals surface area contributed by atoms with Crippen molar-refractivity contribution in [3.05, 3.63) is 30.1 Å². The van der Waals surface area contributed by atoms with E-state index in [2.05, 4.69) is 4.98 Å². The molecule has 0 aliphatic heterocycles. The number of rotatable bonds is 1. The van der Waals surface area contributed by atoms with Crippen molar-refractivity contribution in [2.75, 3.05) is 0 Å².